The minimum absolute atomic E-state index is 0.0300. The van der Waals surface area contributed by atoms with Crippen molar-refractivity contribution in [2.45, 2.75) is 38.3 Å². The molecule has 0 unspecified atom stereocenters. The maximum Gasteiger partial charge on any atom is 0.226 e. The SMILES string of the molecule is O=C(C1CCC1)N(Cc1ccccc1F)C[C@H]1CC(c2ccc(Cl)o2)=NO1. The van der Waals surface area contributed by atoms with E-state index in [-0.39, 0.29) is 35.5 Å². The first-order valence-corrected chi connectivity index (χ1v) is 9.48. The molecule has 0 spiro atoms. The number of oxime groups is 1. The van der Waals surface area contributed by atoms with Crippen molar-refractivity contribution in [3.05, 3.63) is 58.8 Å². The Bertz CT molecular complexity index is 862. The molecule has 1 aromatic carbocycles. The first kappa shape index (κ1) is 18.0. The zero-order valence-electron chi connectivity index (χ0n) is 14.7. The fourth-order valence-corrected chi connectivity index (χ4v) is 3.51. The van der Waals surface area contributed by atoms with Gasteiger partial charge in [-0.05, 0) is 42.6 Å². The van der Waals surface area contributed by atoms with Gasteiger partial charge in [-0.3, -0.25) is 4.79 Å². The van der Waals surface area contributed by atoms with E-state index in [0.29, 0.717) is 30.0 Å². The number of carbonyl (C=O) groups is 1. The summed E-state index contributed by atoms with van der Waals surface area (Å²) in [5, 5.41) is 4.36. The average Bonchev–Trinajstić information content (AvgIpc) is 3.23. The summed E-state index contributed by atoms with van der Waals surface area (Å²) in [5.74, 6) is 0.344. The quantitative estimate of drug-likeness (QED) is 0.734. The van der Waals surface area contributed by atoms with Crippen LogP contribution in [-0.2, 0) is 16.2 Å². The molecule has 27 heavy (non-hydrogen) atoms. The lowest BCUT2D eigenvalue weighted by molar-refractivity contribution is -0.140. The van der Waals surface area contributed by atoms with Crippen molar-refractivity contribution >= 4 is 23.2 Å². The van der Waals surface area contributed by atoms with Crippen molar-refractivity contribution < 1.29 is 18.4 Å². The molecule has 2 heterocycles. The Hall–Kier alpha value is -2.34. The van der Waals surface area contributed by atoms with Gasteiger partial charge in [0.2, 0.25) is 5.91 Å². The zero-order chi connectivity index (χ0) is 18.8. The van der Waals surface area contributed by atoms with Gasteiger partial charge in [0.15, 0.2) is 17.1 Å². The summed E-state index contributed by atoms with van der Waals surface area (Å²) < 4.78 is 19.5. The average molecular weight is 391 g/mol. The Morgan fingerprint density at radius 3 is 2.74 bits per heavy atom. The molecule has 2 aliphatic rings. The molecule has 4 rings (SSSR count). The number of hydrogen-bond acceptors (Lipinski definition) is 4. The van der Waals surface area contributed by atoms with Crippen molar-refractivity contribution in [2.75, 3.05) is 6.54 Å². The van der Waals surface area contributed by atoms with E-state index in [4.69, 9.17) is 20.9 Å². The number of carbonyl (C=O) groups excluding carboxylic acids is 1. The van der Waals surface area contributed by atoms with E-state index in [9.17, 15) is 9.18 Å². The fraction of sp³-hybridized carbons (Fsp3) is 0.400. The molecular weight excluding hydrogens is 371 g/mol. The van der Waals surface area contributed by atoms with Gasteiger partial charge >= 0.3 is 0 Å². The number of rotatable bonds is 6. The molecule has 1 aromatic heterocycles. The molecule has 0 N–H and O–H groups in total. The molecule has 142 valence electrons. The van der Waals surface area contributed by atoms with E-state index in [0.717, 1.165) is 19.3 Å². The number of furan rings is 1. The standard InChI is InChI=1S/C20H20ClFN2O3/c21-19-9-8-18(26-19)17-10-15(27-23-17)12-24(20(25)13-5-3-6-13)11-14-4-1-2-7-16(14)22/h1-2,4,7-9,13,15H,3,5-6,10-12H2/t15-/m1/s1. The van der Waals surface area contributed by atoms with E-state index in [1.807, 2.05) is 0 Å². The van der Waals surface area contributed by atoms with Crippen LogP contribution >= 0.6 is 11.6 Å². The summed E-state index contributed by atoms with van der Waals surface area (Å²) in [6.07, 6.45) is 3.07. The summed E-state index contributed by atoms with van der Waals surface area (Å²) in [5.41, 5.74) is 1.16. The predicted molar refractivity (Wildman–Crippen MR) is 98.9 cm³/mol. The van der Waals surface area contributed by atoms with E-state index in [1.54, 1.807) is 35.2 Å². The maximum atomic E-state index is 14.1. The molecule has 0 saturated heterocycles. The molecule has 1 aliphatic heterocycles. The molecule has 1 fully saturated rings. The first-order chi connectivity index (χ1) is 13.1. The lowest BCUT2D eigenvalue weighted by Gasteiger charge is -2.32. The number of halogens is 2. The number of benzene rings is 1. The summed E-state index contributed by atoms with van der Waals surface area (Å²) in [7, 11) is 0. The monoisotopic (exact) mass is 390 g/mol. The second kappa shape index (κ2) is 7.72. The predicted octanol–water partition coefficient (Wildman–Crippen LogP) is 4.39. The van der Waals surface area contributed by atoms with Gasteiger partial charge in [0, 0.05) is 24.4 Å². The van der Waals surface area contributed by atoms with Gasteiger partial charge in [-0.15, -0.1) is 0 Å². The maximum absolute atomic E-state index is 14.1. The number of amides is 1. The zero-order valence-corrected chi connectivity index (χ0v) is 15.5. The highest BCUT2D eigenvalue weighted by atomic mass is 35.5. The van der Waals surface area contributed by atoms with Gasteiger partial charge in [0.1, 0.15) is 11.5 Å². The van der Waals surface area contributed by atoms with Gasteiger partial charge in [0.05, 0.1) is 6.54 Å². The summed E-state index contributed by atoms with van der Waals surface area (Å²) >= 11 is 5.81. The second-order valence-corrected chi connectivity index (χ2v) is 7.38. The van der Waals surface area contributed by atoms with Crippen LogP contribution in [0.2, 0.25) is 5.22 Å². The Balaban J connectivity index is 1.45. The van der Waals surface area contributed by atoms with E-state index in [1.165, 1.54) is 6.07 Å². The highest BCUT2D eigenvalue weighted by molar-refractivity contribution is 6.29. The molecular formula is C20H20ClFN2O3. The van der Waals surface area contributed by atoms with Gasteiger partial charge < -0.3 is 14.2 Å². The third-order valence-electron chi connectivity index (χ3n) is 5.10. The van der Waals surface area contributed by atoms with Gasteiger partial charge in [-0.2, -0.15) is 0 Å². The van der Waals surface area contributed by atoms with Gasteiger partial charge in [0.25, 0.3) is 0 Å². The minimum atomic E-state index is -0.307. The summed E-state index contributed by atoms with van der Waals surface area (Å²) in [6.45, 7) is 0.578. The lowest BCUT2D eigenvalue weighted by atomic mass is 9.84. The van der Waals surface area contributed by atoms with Crippen molar-refractivity contribution in [3.63, 3.8) is 0 Å². The fourth-order valence-electron chi connectivity index (χ4n) is 3.37. The number of nitrogens with zero attached hydrogens (tertiary/aromatic N) is 2. The topological polar surface area (TPSA) is 55.0 Å². The molecule has 5 nitrogen and oxygen atoms in total. The molecule has 1 amide bonds. The molecule has 2 aromatic rings. The van der Waals surface area contributed by atoms with E-state index >= 15 is 0 Å². The van der Waals surface area contributed by atoms with Crippen molar-refractivity contribution in [1.82, 2.24) is 4.90 Å². The molecule has 1 aliphatic carbocycles. The van der Waals surface area contributed by atoms with Crippen LogP contribution in [0, 0.1) is 11.7 Å². The normalized spacial score (nSPS) is 19.3. The van der Waals surface area contributed by atoms with Crippen molar-refractivity contribution in [1.29, 1.82) is 0 Å². The third kappa shape index (κ3) is 4.00. The Morgan fingerprint density at radius 1 is 1.26 bits per heavy atom. The van der Waals surface area contributed by atoms with Gasteiger partial charge in [-0.1, -0.05) is 29.8 Å². The lowest BCUT2D eigenvalue weighted by Crippen LogP contribution is -2.42. The highest BCUT2D eigenvalue weighted by Crippen LogP contribution is 2.30. The first-order valence-electron chi connectivity index (χ1n) is 9.11. The molecule has 1 saturated carbocycles. The molecule has 0 radical (unpaired) electrons. The van der Waals surface area contributed by atoms with E-state index in [2.05, 4.69) is 5.16 Å². The minimum Gasteiger partial charge on any atom is -0.443 e. The molecule has 1 atom stereocenters. The van der Waals surface area contributed by atoms with Crippen LogP contribution < -0.4 is 0 Å². The largest absolute Gasteiger partial charge is 0.443 e. The van der Waals surface area contributed by atoms with Crippen molar-refractivity contribution in [3.8, 4) is 0 Å². The molecule has 7 heteroatoms. The van der Waals surface area contributed by atoms with Crippen LogP contribution in [0.4, 0.5) is 4.39 Å². The third-order valence-corrected chi connectivity index (χ3v) is 5.30. The van der Waals surface area contributed by atoms with Crippen LogP contribution in [0.15, 0.2) is 46.0 Å². The Labute approximate surface area is 161 Å². The second-order valence-electron chi connectivity index (χ2n) is 7.01. The number of hydrogen-bond donors (Lipinski definition) is 0. The highest BCUT2D eigenvalue weighted by Gasteiger charge is 2.33. The van der Waals surface area contributed by atoms with Crippen LogP contribution in [0.3, 0.4) is 0 Å². The van der Waals surface area contributed by atoms with Gasteiger partial charge in [-0.25, -0.2) is 4.39 Å². The van der Waals surface area contributed by atoms with Crippen LogP contribution in [0.25, 0.3) is 0 Å². The summed E-state index contributed by atoms with van der Waals surface area (Å²) in [6, 6.07) is 9.93. The van der Waals surface area contributed by atoms with Crippen LogP contribution in [0.5, 0.6) is 0 Å². The van der Waals surface area contributed by atoms with Crippen LogP contribution in [-0.4, -0.2) is 29.2 Å². The summed E-state index contributed by atoms with van der Waals surface area (Å²) in [4.78, 5) is 20.1. The molecule has 0 bridgehead atoms. The Morgan fingerprint density at radius 2 is 2.07 bits per heavy atom. The Kier molecular flexibility index (Phi) is 5.16. The van der Waals surface area contributed by atoms with Crippen molar-refractivity contribution in [2.24, 2.45) is 11.1 Å². The smallest absolute Gasteiger partial charge is 0.226 e. The van der Waals surface area contributed by atoms with Crippen LogP contribution in [0.1, 0.15) is 37.0 Å². The van der Waals surface area contributed by atoms with E-state index < -0.39 is 0 Å².